The predicted octanol–water partition coefficient (Wildman–Crippen LogP) is 1.04. The summed E-state index contributed by atoms with van der Waals surface area (Å²) in [7, 11) is 1.99. The largest absolute Gasteiger partial charge is 0.381 e. The molecule has 2 aliphatic rings. The van der Waals surface area contributed by atoms with E-state index in [-0.39, 0.29) is 11.6 Å². The molecule has 0 bridgehead atoms. The summed E-state index contributed by atoms with van der Waals surface area (Å²) in [5.74, 6) is 0.543. The maximum atomic E-state index is 6.10. The van der Waals surface area contributed by atoms with Crippen molar-refractivity contribution in [3.05, 3.63) is 11.9 Å². The Morgan fingerprint density at radius 1 is 1.42 bits per heavy atom. The van der Waals surface area contributed by atoms with Crippen molar-refractivity contribution in [3.8, 4) is 0 Å². The lowest BCUT2D eigenvalue weighted by molar-refractivity contribution is -0.150. The first-order valence-electron chi connectivity index (χ1n) is 7.08. The van der Waals surface area contributed by atoms with Gasteiger partial charge in [-0.3, -0.25) is 0 Å². The molecule has 1 aromatic heterocycles. The highest BCUT2D eigenvalue weighted by atomic mass is 16.5. The van der Waals surface area contributed by atoms with Crippen molar-refractivity contribution < 1.29 is 9.47 Å². The maximum absolute atomic E-state index is 6.10. The Hall–Kier alpha value is -0.980. The Morgan fingerprint density at radius 3 is 2.95 bits per heavy atom. The lowest BCUT2D eigenvalue weighted by Crippen LogP contribution is -2.46. The molecule has 2 atom stereocenters. The van der Waals surface area contributed by atoms with E-state index in [0.717, 1.165) is 51.2 Å². The second kappa shape index (κ2) is 5.56. The van der Waals surface area contributed by atoms with E-state index in [2.05, 4.69) is 20.7 Å². The SMILES string of the molecule is CNC(c1cn[nH]n1)C1CCOC2(CCOCC2)C1. The Bertz CT molecular complexity index is 384. The number of aromatic nitrogens is 3. The van der Waals surface area contributed by atoms with Crippen LogP contribution >= 0.6 is 0 Å². The van der Waals surface area contributed by atoms with Crippen LogP contribution in [0.4, 0.5) is 0 Å². The minimum absolute atomic E-state index is 0.0278. The van der Waals surface area contributed by atoms with Gasteiger partial charge >= 0.3 is 0 Å². The van der Waals surface area contributed by atoms with E-state index in [1.54, 1.807) is 0 Å². The van der Waals surface area contributed by atoms with Crippen LogP contribution in [-0.4, -0.2) is 47.9 Å². The molecule has 2 N–H and O–H groups in total. The molecule has 19 heavy (non-hydrogen) atoms. The number of nitrogens with one attached hydrogen (secondary N) is 2. The Kier molecular flexibility index (Phi) is 3.81. The molecular formula is C13H22N4O2. The Morgan fingerprint density at radius 2 is 2.26 bits per heavy atom. The van der Waals surface area contributed by atoms with Crippen molar-refractivity contribution in [1.29, 1.82) is 0 Å². The van der Waals surface area contributed by atoms with Gasteiger partial charge < -0.3 is 14.8 Å². The summed E-state index contributed by atoms with van der Waals surface area (Å²) in [6.07, 6.45) is 5.99. The molecule has 0 amide bonds. The lowest BCUT2D eigenvalue weighted by Gasteiger charge is -2.45. The average molecular weight is 266 g/mol. The van der Waals surface area contributed by atoms with Gasteiger partial charge in [-0.15, -0.1) is 0 Å². The minimum Gasteiger partial charge on any atom is -0.381 e. The van der Waals surface area contributed by atoms with Crippen LogP contribution in [0.3, 0.4) is 0 Å². The highest BCUT2D eigenvalue weighted by Crippen LogP contribution is 2.41. The van der Waals surface area contributed by atoms with Crippen LogP contribution in [-0.2, 0) is 9.47 Å². The zero-order valence-corrected chi connectivity index (χ0v) is 11.4. The summed E-state index contributed by atoms with van der Waals surface area (Å²) in [6, 6.07) is 0.252. The fourth-order valence-corrected chi connectivity index (χ4v) is 3.43. The molecule has 1 spiro atoms. The first-order chi connectivity index (χ1) is 9.33. The molecule has 0 aromatic carbocycles. The summed E-state index contributed by atoms with van der Waals surface area (Å²) >= 11 is 0. The van der Waals surface area contributed by atoms with Gasteiger partial charge in [-0.1, -0.05) is 0 Å². The van der Waals surface area contributed by atoms with Crippen molar-refractivity contribution in [3.63, 3.8) is 0 Å². The highest BCUT2D eigenvalue weighted by Gasteiger charge is 2.41. The quantitative estimate of drug-likeness (QED) is 0.855. The molecule has 0 saturated carbocycles. The van der Waals surface area contributed by atoms with Crippen LogP contribution in [0.15, 0.2) is 6.20 Å². The van der Waals surface area contributed by atoms with Crippen LogP contribution < -0.4 is 5.32 Å². The number of hydrogen-bond donors (Lipinski definition) is 2. The first-order valence-corrected chi connectivity index (χ1v) is 7.08. The molecular weight excluding hydrogens is 244 g/mol. The molecule has 0 aliphatic carbocycles. The Labute approximate surface area is 113 Å². The van der Waals surface area contributed by atoms with Gasteiger partial charge in [0.25, 0.3) is 0 Å². The standard InChI is InChI=1S/C13H22N4O2/c1-14-12(11-9-15-17-16-11)10-2-5-19-13(8-10)3-6-18-7-4-13/h9-10,12,14H,2-8H2,1H3,(H,15,16,17). The molecule has 106 valence electrons. The van der Waals surface area contributed by atoms with Crippen LogP contribution in [0.1, 0.15) is 37.4 Å². The monoisotopic (exact) mass is 266 g/mol. The van der Waals surface area contributed by atoms with Crippen LogP contribution in [0.25, 0.3) is 0 Å². The van der Waals surface area contributed by atoms with Gasteiger partial charge in [0.1, 0.15) is 0 Å². The van der Waals surface area contributed by atoms with E-state index in [0.29, 0.717) is 5.92 Å². The number of aromatic amines is 1. The molecule has 6 nitrogen and oxygen atoms in total. The molecule has 2 fully saturated rings. The van der Waals surface area contributed by atoms with Crippen molar-refractivity contribution in [1.82, 2.24) is 20.7 Å². The van der Waals surface area contributed by atoms with Gasteiger partial charge in [0.2, 0.25) is 0 Å². The summed E-state index contributed by atoms with van der Waals surface area (Å²) in [4.78, 5) is 0. The number of hydrogen-bond acceptors (Lipinski definition) is 5. The first kappa shape index (κ1) is 13.0. The van der Waals surface area contributed by atoms with Gasteiger partial charge in [0.05, 0.1) is 23.5 Å². The Balaban J connectivity index is 1.73. The molecule has 1 aromatic rings. The van der Waals surface area contributed by atoms with Gasteiger partial charge in [-0.2, -0.15) is 15.4 Å². The smallest absolute Gasteiger partial charge is 0.0996 e. The van der Waals surface area contributed by atoms with Gasteiger partial charge in [-0.25, -0.2) is 0 Å². The van der Waals surface area contributed by atoms with E-state index >= 15 is 0 Å². The summed E-state index contributed by atoms with van der Waals surface area (Å²) in [5, 5.41) is 14.2. The molecule has 2 saturated heterocycles. The van der Waals surface area contributed by atoms with Crippen LogP contribution in [0, 0.1) is 5.92 Å². The second-order valence-corrected chi connectivity index (χ2v) is 5.56. The third-order valence-electron chi connectivity index (χ3n) is 4.47. The average Bonchev–Trinajstić information content (AvgIpc) is 2.95. The molecule has 3 rings (SSSR count). The number of nitrogens with zero attached hydrogens (tertiary/aromatic N) is 2. The van der Waals surface area contributed by atoms with Gasteiger partial charge in [-0.05, 0) is 38.6 Å². The van der Waals surface area contributed by atoms with Crippen LogP contribution in [0.5, 0.6) is 0 Å². The lowest BCUT2D eigenvalue weighted by atomic mass is 9.77. The van der Waals surface area contributed by atoms with Gasteiger partial charge in [0, 0.05) is 19.8 Å². The highest BCUT2D eigenvalue weighted by molar-refractivity contribution is 5.04. The summed E-state index contributed by atoms with van der Waals surface area (Å²) in [5.41, 5.74) is 1.02. The number of H-pyrrole nitrogens is 1. The van der Waals surface area contributed by atoms with Crippen molar-refractivity contribution in [2.45, 2.75) is 37.3 Å². The fourth-order valence-electron chi connectivity index (χ4n) is 3.43. The number of ether oxygens (including phenoxy) is 2. The van der Waals surface area contributed by atoms with E-state index in [1.807, 2.05) is 13.2 Å². The molecule has 2 aliphatic heterocycles. The zero-order chi connectivity index (χ0) is 13.1. The predicted molar refractivity (Wildman–Crippen MR) is 69.6 cm³/mol. The van der Waals surface area contributed by atoms with Crippen molar-refractivity contribution in [2.75, 3.05) is 26.9 Å². The molecule has 0 radical (unpaired) electrons. The molecule has 2 unspecified atom stereocenters. The molecule has 6 heteroatoms. The molecule has 3 heterocycles. The summed E-state index contributed by atoms with van der Waals surface area (Å²) in [6.45, 7) is 2.47. The van der Waals surface area contributed by atoms with Gasteiger partial charge in [0.15, 0.2) is 0 Å². The topological polar surface area (TPSA) is 72.1 Å². The summed E-state index contributed by atoms with van der Waals surface area (Å²) < 4.78 is 11.6. The van der Waals surface area contributed by atoms with E-state index in [9.17, 15) is 0 Å². The third kappa shape index (κ3) is 2.66. The zero-order valence-electron chi connectivity index (χ0n) is 11.4. The van der Waals surface area contributed by atoms with Crippen molar-refractivity contribution >= 4 is 0 Å². The van der Waals surface area contributed by atoms with E-state index in [1.165, 1.54) is 0 Å². The normalized spacial score (nSPS) is 28.4. The second-order valence-electron chi connectivity index (χ2n) is 5.56. The fraction of sp³-hybridized carbons (Fsp3) is 0.846. The minimum atomic E-state index is 0.0278. The van der Waals surface area contributed by atoms with Crippen LogP contribution in [0.2, 0.25) is 0 Å². The number of rotatable bonds is 3. The third-order valence-corrected chi connectivity index (χ3v) is 4.47. The van der Waals surface area contributed by atoms with Crippen molar-refractivity contribution in [2.24, 2.45) is 5.92 Å². The maximum Gasteiger partial charge on any atom is 0.0996 e. The van der Waals surface area contributed by atoms with E-state index < -0.39 is 0 Å². The van der Waals surface area contributed by atoms with E-state index in [4.69, 9.17) is 9.47 Å².